The molecule has 0 aliphatic rings. The zero-order valence-corrected chi connectivity index (χ0v) is 11.4. The quantitative estimate of drug-likeness (QED) is 0.593. The van der Waals surface area contributed by atoms with Gasteiger partial charge in [0.05, 0.1) is 13.4 Å². The fourth-order valence-electron chi connectivity index (χ4n) is 1.62. The molecule has 0 spiro atoms. The van der Waals surface area contributed by atoms with Crippen LogP contribution in [0, 0.1) is 0 Å². The molecule has 19 heavy (non-hydrogen) atoms. The van der Waals surface area contributed by atoms with Gasteiger partial charge in [0.25, 0.3) is 0 Å². The Labute approximate surface area is 112 Å². The van der Waals surface area contributed by atoms with Crippen LogP contribution in [0.3, 0.4) is 0 Å². The van der Waals surface area contributed by atoms with Crippen molar-refractivity contribution < 1.29 is 14.3 Å². The molecule has 0 saturated carbocycles. The first-order valence-corrected chi connectivity index (χ1v) is 6.11. The highest BCUT2D eigenvalue weighted by atomic mass is 16.5. The number of carbonyl (C=O) groups excluding carboxylic acids is 2. The van der Waals surface area contributed by atoms with E-state index in [4.69, 9.17) is 4.74 Å². The van der Waals surface area contributed by atoms with Crippen LogP contribution >= 0.6 is 0 Å². The fraction of sp³-hybridized carbons (Fsp3) is 0.462. The Bertz CT molecular complexity index is 452. The lowest BCUT2D eigenvalue weighted by Gasteiger charge is -2.15. The lowest BCUT2D eigenvalue weighted by Crippen LogP contribution is -2.43. The maximum atomic E-state index is 11.9. The van der Waals surface area contributed by atoms with E-state index >= 15 is 0 Å². The number of H-pyrrole nitrogens is 1. The van der Waals surface area contributed by atoms with Crippen molar-refractivity contribution in [2.24, 2.45) is 0 Å². The van der Waals surface area contributed by atoms with E-state index < -0.39 is 12.0 Å². The molecule has 0 aliphatic heterocycles. The predicted molar refractivity (Wildman–Crippen MR) is 70.3 cm³/mol. The number of nitrogens with zero attached hydrogens (tertiary/aromatic N) is 1. The van der Waals surface area contributed by atoms with E-state index in [1.54, 1.807) is 19.2 Å². The van der Waals surface area contributed by atoms with Crippen molar-refractivity contribution in [2.75, 3.05) is 7.11 Å². The van der Waals surface area contributed by atoms with Crippen LogP contribution in [-0.2, 0) is 20.7 Å². The number of hydrogen-bond donors (Lipinski definition) is 2. The van der Waals surface area contributed by atoms with E-state index in [1.165, 1.54) is 13.4 Å². The van der Waals surface area contributed by atoms with E-state index in [1.807, 2.05) is 6.92 Å². The number of allylic oxidation sites excluding steroid dienone is 1. The Balaban J connectivity index is 2.72. The van der Waals surface area contributed by atoms with Crippen LogP contribution < -0.4 is 5.32 Å². The number of aromatic nitrogens is 2. The number of carbonyl (C=O) groups is 2. The van der Waals surface area contributed by atoms with Gasteiger partial charge < -0.3 is 15.0 Å². The minimum atomic E-state index is -0.724. The standard InChI is InChI=1S/C13H19N3O3/c1-4-5-9(2)12(17)16-11(13(18)19-3)6-10-7-14-8-15-10/h5,7-8,11H,4,6H2,1-3H3,(H,14,15)(H,16,17)/b9-5-/t11-/m0/s1. The number of esters is 1. The molecule has 0 aromatic carbocycles. The number of ether oxygens (including phenoxy) is 1. The Morgan fingerprint density at radius 1 is 1.58 bits per heavy atom. The average molecular weight is 265 g/mol. The first kappa shape index (κ1) is 14.9. The summed E-state index contributed by atoms with van der Waals surface area (Å²) in [5, 5.41) is 2.66. The van der Waals surface area contributed by atoms with Gasteiger partial charge in [-0.2, -0.15) is 0 Å². The molecule has 1 atom stereocenters. The minimum absolute atomic E-state index is 0.267. The second-order valence-corrected chi connectivity index (χ2v) is 4.13. The van der Waals surface area contributed by atoms with Crippen molar-refractivity contribution in [3.05, 3.63) is 29.9 Å². The van der Waals surface area contributed by atoms with Gasteiger partial charge in [-0.05, 0) is 13.3 Å². The van der Waals surface area contributed by atoms with Crippen LogP contribution in [0.5, 0.6) is 0 Å². The molecule has 2 N–H and O–H groups in total. The van der Waals surface area contributed by atoms with Crippen molar-refractivity contribution >= 4 is 11.9 Å². The second kappa shape index (κ2) is 7.35. The molecule has 1 heterocycles. The maximum absolute atomic E-state index is 11.9. The van der Waals surface area contributed by atoms with Crippen molar-refractivity contribution in [1.29, 1.82) is 0 Å². The molecular weight excluding hydrogens is 246 g/mol. The molecule has 104 valence electrons. The Morgan fingerprint density at radius 3 is 2.84 bits per heavy atom. The van der Waals surface area contributed by atoms with Gasteiger partial charge in [0.1, 0.15) is 6.04 Å². The number of aromatic amines is 1. The van der Waals surface area contributed by atoms with E-state index in [-0.39, 0.29) is 5.91 Å². The third-order valence-electron chi connectivity index (χ3n) is 2.64. The molecule has 1 amide bonds. The number of nitrogens with one attached hydrogen (secondary N) is 2. The molecular formula is C13H19N3O3. The largest absolute Gasteiger partial charge is 0.467 e. The van der Waals surface area contributed by atoms with E-state index in [0.717, 1.165) is 12.1 Å². The molecule has 0 radical (unpaired) electrons. The molecule has 1 rings (SSSR count). The number of hydrogen-bond acceptors (Lipinski definition) is 4. The van der Waals surface area contributed by atoms with E-state index in [0.29, 0.717) is 12.0 Å². The highest BCUT2D eigenvalue weighted by molar-refractivity contribution is 5.95. The molecule has 6 nitrogen and oxygen atoms in total. The summed E-state index contributed by atoms with van der Waals surface area (Å²) in [5.41, 5.74) is 1.34. The second-order valence-electron chi connectivity index (χ2n) is 4.13. The Hall–Kier alpha value is -2.11. The van der Waals surface area contributed by atoms with Crippen LogP contribution in [0.25, 0.3) is 0 Å². The topological polar surface area (TPSA) is 84.1 Å². The van der Waals surface area contributed by atoms with Crippen molar-refractivity contribution in [2.45, 2.75) is 32.7 Å². The van der Waals surface area contributed by atoms with E-state index in [2.05, 4.69) is 15.3 Å². The first-order chi connectivity index (χ1) is 9.08. The summed E-state index contributed by atoms with van der Waals surface area (Å²) in [6, 6.07) is -0.724. The number of amides is 1. The highest BCUT2D eigenvalue weighted by Crippen LogP contribution is 2.03. The maximum Gasteiger partial charge on any atom is 0.328 e. The van der Waals surface area contributed by atoms with Crippen LogP contribution in [0.15, 0.2) is 24.2 Å². The molecule has 0 bridgehead atoms. The lowest BCUT2D eigenvalue weighted by atomic mass is 10.1. The normalized spacial score (nSPS) is 12.9. The summed E-state index contributed by atoms with van der Waals surface area (Å²) >= 11 is 0. The van der Waals surface area contributed by atoms with Crippen LogP contribution in [0.4, 0.5) is 0 Å². The number of imidazole rings is 1. The van der Waals surface area contributed by atoms with E-state index in [9.17, 15) is 9.59 Å². The fourth-order valence-corrected chi connectivity index (χ4v) is 1.62. The third-order valence-corrected chi connectivity index (χ3v) is 2.64. The van der Waals surface area contributed by atoms with Gasteiger partial charge in [-0.25, -0.2) is 9.78 Å². The monoisotopic (exact) mass is 265 g/mol. The van der Waals surface area contributed by atoms with Gasteiger partial charge >= 0.3 is 5.97 Å². The van der Waals surface area contributed by atoms with Crippen molar-refractivity contribution in [1.82, 2.24) is 15.3 Å². The Kier molecular flexibility index (Phi) is 5.78. The summed E-state index contributed by atoms with van der Waals surface area (Å²) < 4.78 is 4.69. The van der Waals surface area contributed by atoms with Crippen LogP contribution in [-0.4, -0.2) is 35.0 Å². The summed E-state index contributed by atoms with van der Waals surface area (Å²) in [6.07, 6.45) is 6.02. The average Bonchev–Trinajstić information content (AvgIpc) is 2.90. The van der Waals surface area contributed by atoms with Crippen LogP contribution in [0.2, 0.25) is 0 Å². The van der Waals surface area contributed by atoms with Gasteiger partial charge in [0, 0.05) is 23.9 Å². The molecule has 6 heteroatoms. The smallest absolute Gasteiger partial charge is 0.328 e. The zero-order valence-electron chi connectivity index (χ0n) is 11.4. The zero-order chi connectivity index (χ0) is 14.3. The number of methoxy groups -OCH3 is 1. The van der Waals surface area contributed by atoms with Crippen LogP contribution in [0.1, 0.15) is 26.0 Å². The molecule has 1 aromatic heterocycles. The third kappa shape index (κ3) is 4.57. The molecule has 0 aliphatic carbocycles. The van der Waals surface area contributed by atoms with Crippen molar-refractivity contribution in [3.63, 3.8) is 0 Å². The van der Waals surface area contributed by atoms with Gasteiger partial charge in [0.2, 0.25) is 5.91 Å². The first-order valence-electron chi connectivity index (χ1n) is 6.11. The summed E-state index contributed by atoms with van der Waals surface area (Å²) in [6.45, 7) is 3.66. The molecule has 0 unspecified atom stereocenters. The van der Waals surface area contributed by atoms with Crippen molar-refractivity contribution in [3.8, 4) is 0 Å². The summed E-state index contributed by atoms with van der Waals surface area (Å²) in [4.78, 5) is 30.3. The predicted octanol–water partition coefficient (Wildman–Crippen LogP) is 0.966. The van der Waals surface area contributed by atoms with Gasteiger partial charge in [0.15, 0.2) is 0 Å². The summed E-state index contributed by atoms with van der Waals surface area (Å²) in [7, 11) is 1.29. The lowest BCUT2D eigenvalue weighted by molar-refractivity contribution is -0.144. The minimum Gasteiger partial charge on any atom is -0.467 e. The van der Waals surface area contributed by atoms with Gasteiger partial charge in [-0.15, -0.1) is 0 Å². The number of rotatable bonds is 6. The molecule has 0 saturated heterocycles. The molecule has 1 aromatic rings. The SMILES string of the molecule is CC/C=C(/C)C(=O)N[C@@H](Cc1cnc[nH]1)C(=O)OC. The summed E-state index contributed by atoms with van der Waals surface area (Å²) in [5.74, 6) is -0.746. The van der Waals surface area contributed by atoms with Gasteiger partial charge in [-0.3, -0.25) is 4.79 Å². The van der Waals surface area contributed by atoms with Gasteiger partial charge in [-0.1, -0.05) is 13.0 Å². The Morgan fingerprint density at radius 2 is 2.32 bits per heavy atom. The molecule has 0 fully saturated rings. The highest BCUT2D eigenvalue weighted by Gasteiger charge is 2.22.